The molecule has 1 N–H and O–H groups in total. The number of rotatable bonds is 6. The number of carbonyl (C=O) groups excluding carboxylic acids is 1. The summed E-state index contributed by atoms with van der Waals surface area (Å²) in [5, 5.41) is 6.71. The lowest BCUT2D eigenvalue weighted by Crippen LogP contribution is -2.31. The molecule has 0 saturated carbocycles. The minimum absolute atomic E-state index is 0.212. The number of hydrogen-bond acceptors (Lipinski definition) is 5. The molecule has 0 bridgehead atoms. The minimum atomic E-state index is -0.212. The van der Waals surface area contributed by atoms with E-state index in [1.807, 2.05) is 25.1 Å². The van der Waals surface area contributed by atoms with Crippen LogP contribution in [0.5, 0.6) is 0 Å². The number of hydrogen-bond donors (Lipinski definition) is 1. The summed E-state index contributed by atoms with van der Waals surface area (Å²) in [6.45, 7) is 6.26. The third-order valence-electron chi connectivity index (χ3n) is 3.30. The van der Waals surface area contributed by atoms with Crippen molar-refractivity contribution in [1.29, 1.82) is 0 Å². The minimum Gasteiger partial charge on any atom is -0.377 e. The van der Waals surface area contributed by atoms with Crippen molar-refractivity contribution < 1.29 is 14.1 Å². The summed E-state index contributed by atoms with van der Waals surface area (Å²) < 4.78 is 10.2. The number of aromatic nitrogens is 2. The highest BCUT2D eigenvalue weighted by Crippen LogP contribution is 2.27. The molecular weight excluding hydrogens is 296 g/mol. The van der Waals surface area contributed by atoms with Gasteiger partial charge in [-0.25, -0.2) is 4.79 Å². The second-order valence-electron chi connectivity index (χ2n) is 5.03. The SMILES string of the molecule is C=CCN(C)C(=O)Nc1cccc(-c2nc(COC)no2)c1C. The molecule has 7 nitrogen and oxygen atoms in total. The Balaban J connectivity index is 2.23. The van der Waals surface area contributed by atoms with E-state index in [9.17, 15) is 4.79 Å². The number of nitrogens with zero attached hydrogens (tertiary/aromatic N) is 3. The first-order chi connectivity index (χ1) is 11.1. The summed E-state index contributed by atoms with van der Waals surface area (Å²) in [5.74, 6) is 0.868. The quantitative estimate of drug-likeness (QED) is 0.829. The number of amides is 2. The van der Waals surface area contributed by atoms with E-state index in [2.05, 4.69) is 22.0 Å². The zero-order valence-corrected chi connectivity index (χ0v) is 13.5. The molecule has 7 heteroatoms. The lowest BCUT2D eigenvalue weighted by Gasteiger charge is -2.17. The zero-order valence-electron chi connectivity index (χ0n) is 13.5. The van der Waals surface area contributed by atoms with Crippen LogP contribution in [0.3, 0.4) is 0 Å². The van der Waals surface area contributed by atoms with Crippen LogP contribution in [-0.2, 0) is 11.3 Å². The van der Waals surface area contributed by atoms with Gasteiger partial charge in [-0.1, -0.05) is 17.3 Å². The molecule has 122 valence electrons. The number of likely N-dealkylation sites (N-methyl/N-ethyl adjacent to an activating group) is 1. The Morgan fingerprint density at radius 3 is 3.00 bits per heavy atom. The van der Waals surface area contributed by atoms with Crippen molar-refractivity contribution >= 4 is 11.7 Å². The van der Waals surface area contributed by atoms with E-state index in [0.717, 1.165) is 11.1 Å². The molecule has 0 unspecified atom stereocenters. The van der Waals surface area contributed by atoms with Gasteiger partial charge in [0.25, 0.3) is 5.89 Å². The maximum absolute atomic E-state index is 12.1. The van der Waals surface area contributed by atoms with Gasteiger partial charge >= 0.3 is 6.03 Å². The molecule has 0 aliphatic rings. The van der Waals surface area contributed by atoms with E-state index in [0.29, 0.717) is 23.9 Å². The van der Waals surface area contributed by atoms with Crippen LogP contribution in [0.4, 0.5) is 10.5 Å². The second-order valence-corrected chi connectivity index (χ2v) is 5.03. The first kappa shape index (κ1) is 16.7. The van der Waals surface area contributed by atoms with Crippen molar-refractivity contribution in [2.45, 2.75) is 13.5 Å². The van der Waals surface area contributed by atoms with Crippen molar-refractivity contribution in [2.75, 3.05) is 26.0 Å². The third kappa shape index (κ3) is 3.95. The van der Waals surface area contributed by atoms with Gasteiger partial charge in [0.05, 0.1) is 0 Å². The van der Waals surface area contributed by atoms with Gasteiger partial charge < -0.3 is 19.5 Å². The van der Waals surface area contributed by atoms with Gasteiger partial charge in [-0.2, -0.15) is 4.98 Å². The van der Waals surface area contributed by atoms with E-state index >= 15 is 0 Å². The second kappa shape index (κ2) is 7.55. The highest BCUT2D eigenvalue weighted by atomic mass is 16.5. The summed E-state index contributed by atoms with van der Waals surface area (Å²) in [5.41, 5.74) is 2.31. The third-order valence-corrected chi connectivity index (χ3v) is 3.30. The molecule has 2 aromatic rings. The fraction of sp³-hybridized carbons (Fsp3) is 0.312. The summed E-state index contributed by atoms with van der Waals surface area (Å²) >= 11 is 0. The molecule has 2 rings (SSSR count). The average molecular weight is 316 g/mol. The average Bonchev–Trinajstić information content (AvgIpc) is 2.98. The lowest BCUT2D eigenvalue weighted by atomic mass is 10.1. The van der Waals surface area contributed by atoms with Crippen molar-refractivity contribution in [3.05, 3.63) is 42.2 Å². The Labute approximate surface area is 134 Å². The highest BCUT2D eigenvalue weighted by molar-refractivity contribution is 5.91. The normalized spacial score (nSPS) is 10.4. The van der Waals surface area contributed by atoms with Gasteiger partial charge in [0.15, 0.2) is 5.82 Å². The maximum atomic E-state index is 12.1. The van der Waals surface area contributed by atoms with Crippen LogP contribution < -0.4 is 5.32 Å². The molecule has 0 aliphatic heterocycles. The predicted molar refractivity (Wildman–Crippen MR) is 87.0 cm³/mol. The number of ether oxygens (including phenoxy) is 1. The molecule has 2 amide bonds. The van der Waals surface area contributed by atoms with Crippen LogP contribution in [0.1, 0.15) is 11.4 Å². The van der Waals surface area contributed by atoms with Gasteiger partial charge in [-0.05, 0) is 24.6 Å². The van der Waals surface area contributed by atoms with Crippen molar-refractivity contribution in [3.63, 3.8) is 0 Å². The van der Waals surface area contributed by atoms with Gasteiger partial charge in [0.2, 0.25) is 0 Å². The van der Waals surface area contributed by atoms with Crippen LogP contribution in [0.25, 0.3) is 11.5 Å². The first-order valence-corrected chi connectivity index (χ1v) is 7.11. The lowest BCUT2D eigenvalue weighted by molar-refractivity contribution is 0.174. The molecule has 0 spiro atoms. The largest absolute Gasteiger partial charge is 0.377 e. The van der Waals surface area contributed by atoms with Crippen LogP contribution in [0, 0.1) is 6.92 Å². The molecule has 0 atom stereocenters. The van der Waals surface area contributed by atoms with E-state index in [1.54, 1.807) is 20.2 Å². The Hall–Kier alpha value is -2.67. The predicted octanol–water partition coefficient (Wildman–Crippen LogP) is 2.84. The van der Waals surface area contributed by atoms with E-state index in [-0.39, 0.29) is 12.6 Å². The van der Waals surface area contributed by atoms with Crippen LogP contribution >= 0.6 is 0 Å². The molecule has 0 fully saturated rings. The Morgan fingerprint density at radius 2 is 2.30 bits per heavy atom. The monoisotopic (exact) mass is 316 g/mol. The smallest absolute Gasteiger partial charge is 0.321 e. The molecule has 0 radical (unpaired) electrons. The maximum Gasteiger partial charge on any atom is 0.321 e. The molecule has 1 heterocycles. The highest BCUT2D eigenvalue weighted by Gasteiger charge is 2.15. The fourth-order valence-electron chi connectivity index (χ4n) is 2.04. The van der Waals surface area contributed by atoms with Crippen LogP contribution in [0.15, 0.2) is 35.4 Å². The Morgan fingerprint density at radius 1 is 1.52 bits per heavy atom. The summed E-state index contributed by atoms with van der Waals surface area (Å²) in [6, 6.07) is 5.30. The van der Waals surface area contributed by atoms with Crippen LogP contribution in [0.2, 0.25) is 0 Å². The first-order valence-electron chi connectivity index (χ1n) is 7.11. The number of benzene rings is 1. The zero-order chi connectivity index (χ0) is 16.8. The van der Waals surface area contributed by atoms with E-state index in [1.165, 1.54) is 4.90 Å². The molecule has 0 saturated heterocycles. The fourth-order valence-corrected chi connectivity index (χ4v) is 2.04. The number of methoxy groups -OCH3 is 1. The van der Waals surface area contributed by atoms with Crippen molar-refractivity contribution in [1.82, 2.24) is 15.0 Å². The molecule has 23 heavy (non-hydrogen) atoms. The van der Waals surface area contributed by atoms with Gasteiger partial charge in [0.1, 0.15) is 6.61 Å². The molecule has 0 aliphatic carbocycles. The number of anilines is 1. The van der Waals surface area contributed by atoms with E-state index < -0.39 is 0 Å². The summed E-state index contributed by atoms with van der Waals surface area (Å²) in [7, 11) is 3.27. The summed E-state index contributed by atoms with van der Waals surface area (Å²) in [4.78, 5) is 17.9. The van der Waals surface area contributed by atoms with Crippen LogP contribution in [-0.4, -0.2) is 41.8 Å². The van der Waals surface area contributed by atoms with Crippen molar-refractivity contribution in [3.8, 4) is 11.5 Å². The van der Waals surface area contributed by atoms with Gasteiger partial charge in [0, 0.05) is 32.0 Å². The number of urea groups is 1. The van der Waals surface area contributed by atoms with E-state index in [4.69, 9.17) is 9.26 Å². The topological polar surface area (TPSA) is 80.5 Å². The number of carbonyl (C=O) groups is 1. The molecular formula is C16H20N4O3. The molecule has 1 aromatic heterocycles. The molecule has 1 aromatic carbocycles. The number of nitrogens with one attached hydrogen (secondary N) is 1. The Bertz CT molecular complexity index is 696. The van der Waals surface area contributed by atoms with Crippen molar-refractivity contribution in [2.24, 2.45) is 0 Å². The Kier molecular flexibility index (Phi) is 5.48. The summed E-state index contributed by atoms with van der Waals surface area (Å²) in [6.07, 6.45) is 1.67. The standard InChI is InChI=1S/C16H20N4O3/c1-5-9-20(3)16(21)17-13-8-6-7-12(11(13)2)15-18-14(10-22-4)19-23-15/h5-8H,1,9-10H2,2-4H3,(H,17,21). The van der Waals surface area contributed by atoms with Gasteiger partial charge in [-0.3, -0.25) is 0 Å². The van der Waals surface area contributed by atoms with Gasteiger partial charge in [-0.15, -0.1) is 6.58 Å².